The monoisotopic (exact) mass is 558 g/mol. The van der Waals surface area contributed by atoms with Crippen molar-refractivity contribution in [3.8, 4) is 0 Å². The summed E-state index contributed by atoms with van der Waals surface area (Å²) in [5.74, 6) is 0.837. The molecule has 5 fully saturated rings. The zero-order valence-electron chi connectivity index (χ0n) is 23.2. The molecule has 2 bridgehead atoms. The number of rotatable bonds is 2. The van der Waals surface area contributed by atoms with Crippen LogP contribution in [-0.2, 0) is 10.2 Å². The Kier molecular flexibility index (Phi) is 4.85. The quantitative estimate of drug-likeness (QED) is 0.376. The van der Waals surface area contributed by atoms with Gasteiger partial charge in [0.25, 0.3) is 0 Å². The van der Waals surface area contributed by atoms with E-state index in [2.05, 4.69) is 42.2 Å². The van der Waals surface area contributed by atoms with Crippen molar-refractivity contribution in [2.75, 3.05) is 13.1 Å². The van der Waals surface area contributed by atoms with E-state index < -0.39 is 47.8 Å². The van der Waals surface area contributed by atoms with Crippen LogP contribution in [0.4, 0.5) is 0 Å². The van der Waals surface area contributed by atoms with Gasteiger partial charge in [0.05, 0.1) is 23.9 Å². The normalized spacial score (nSPS) is 51.5. The van der Waals surface area contributed by atoms with E-state index in [1.165, 1.54) is 22.8 Å². The van der Waals surface area contributed by atoms with E-state index in [4.69, 9.17) is 4.74 Å². The molecule has 41 heavy (non-hydrogen) atoms. The first kappa shape index (κ1) is 25.3. The molecule has 3 aliphatic heterocycles. The van der Waals surface area contributed by atoms with Gasteiger partial charge in [0.1, 0.15) is 23.9 Å². The number of ether oxygens (including phenoxy) is 1. The molecular weight excluding hydrogens is 520 g/mol. The number of β-amino-alcohol motifs (C(OH)–C–C–N with tert-alkyl or cyclic N) is 2. The number of aliphatic hydroxyl groups excluding tert-OH is 5. The van der Waals surface area contributed by atoms with Crippen LogP contribution in [0.2, 0.25) is 0 Å². The zero-order valence-corrected chi connectivity index (χ0v) is 23.2. The third-order valence-electron chi connectivity index (χ3n) is 12.9. The van der Waals surface area contributed by atoms with Crippen LogP contribution in [-0.4, -0.2) is 96.3 Å². The molecule has 4 unspecified atom stereocenters. The number of fused-ring (bicyclic) bond motifs is 4. The fraction of sp³-hybridized carbons (Fsp3) is 0.606. The molecule has 2 aromatic rings. The topological polar surface area (TPSA) is 127 Å². The Labute approximate surface area is 239 Å². The van der Waals surface area contributed by atoms with E-state index in [0.717, 1.165) is 24.8 Å². The molecular formula is C33H38N2O6. The van der Waals surface area contributed by atoms with E-state index in [-0.39, 0.29) is 29.8 Å². The van der Waals surface area contributed by atoms with E-state index >= 15 is 0 Å². The van der Waals surface area contributed by atoms with E-state index in [1.807, 2.05) is 18.5 Å². The Balaban J connectivity index is 1.12. The molecule has 0 amide bonds. The fourth-order valence-corrected chi connectivity index (χ4v) is 10.9. The largest absolute Gasteiger partial charge is 0.389 e. The van der Waals surface area contributed by atoms with Crippen LogP contribution in [0.5, 0.6) is 0 Å². The van der Waals surface area contributed by atoms with Gasteiger partial charge in [-0.1, -0.05) is 31.2 Å². The number of likely N-dealkylation sites (tertiary alicyclic amines) is 1. The van der Waals surface area contributed by atoms with Crippen LogP contribution >= 0.6 is 0 Å². The molecule has 5 N–H and O–H groups in total. The molecule has 3 saturated carbocycles. The number of hydrogen-bond donors (Lipinski definition) is 5. The third-order valence-corrected chi connectivity index (χ3v) is 12.9. The summed E-state index contributed by atoms with van der Waals surface area (Å²) in [6.45, 7) is 2.70. The highest BCUT2D eigenvalue weighted by Gasteiger charge is 2.79. The summed E-state index contributed by atoms with van der Waals surface area (Å²) in [5.41, 5.74) is 1.45. The predicted octanol–water partition coefficient (Wildman–Crippen LogP) is 1.58. The van der Waals surface area contributed by atoms with E-state index in [1.54, 1.807) is 4.90 Å². The van der Waals surface area contributed by atoms with Gasteiger partial charge < -0.3 is 30.3 Å². The van der Waals surface area contributed by atoms with Gasteiger partial charge in [-0.25, -0.2) is 0 Å². The summed E-state index contributed by atoms with van der Waals surface area (Å²) in [6.07, 6.45) is 7.15. The van der Waals surface area contributed by atoms with Crippen molar-refractivity contribution in [2.24, 2.45) is 17.3 Å². The second kappa shape index (κ2) is 7.85. The maximum absolute atomic E-state index is 12.0. The van der Waals surface area contributed by atoms with Gasteiger partial charge in [-0.3, -0.25) is 9.88 Å². The van der Waals surface area contributed by atoms with Crippen LogP contribution in [0.3, 0.4) is 0 Å². The highest BCUT2D eigenvalue weighted by molar-refractivity contribution is 5.82. The minimum atomic E-state index is -1.25. The molecule has 8 nitrogen and oxygen atoms in total. The van der Waals surface area contributed by atoms with Crippen molar-refractivity contribution < 1.29 is 30.3 Å². The number of allylic oxidation sites excluding steroid dienone is 1. The maximum atomic E-state index is 12.0. The molecule has 2 saturated heterocycles. The molecule has 216 valence electrons. The number of aliphatic hydroxyl groups is 5. The molecule has 8 heteroatoms. The molecule has 1 aromatic heterocycles. The Morgan fingerprint density at radius 3 is 2.56 bits per heavy atom. The molecule has 7 aliphatic rings. The zero-order chi connectivity index (χ0) is 28.1. The summed E-state index contributed by atoms with van der Waals surface area (Å²) in [7, 11) is 0. The SMILES string of the molecule is C[C@]12CC=C3C=C4C(O)C(O)[C@@H](N5C[C@H](O)[C@@H](O)C5)C(O)[C@]45CCC3(O5)[C@@H]1C[C@H]1C[C@]12c1ccc2ccncc2c1. The van der Waals surface area contributed by atoms with Crippen molar-refractivity contribution in [1.82, 2.24) is 9.88 Å². The Bertz CT molecular complexity index is 1530. The lowest BCUT2D eigenvalue weighted by Gasteiger charge is -2.58. The minimum Gasteiger partial charge on any atom is -0.389 e. The molecule has 4 heterocycles. The predicted molar refractivity (Wildman–Crippen MR) is 150 cm³/mol. The third kappa shape index (κ3) is 2.84. The number of nitrogens with zero attached hydrogens (tertiary/aromatic N) is 2. The molecule has 9 rings (SSSR count). The first-order chi connectivity index (χ1) is 19.6. The van der Waals surface area contributed by atoms with E-state index in [0.29, 0.717) is 17.9 Å². The summed E-state index contributed by atoms with van der Waals surface area (Å²) in [6, 6.07) is 8.09. The molecule has 4 aliphatic carbocycles. The number of hydrogen-bond acceptors (Lipinski definition) is 8. The standard InChI is InChI=1S/C33H38N2O6/c1-30-6-4-20-11-22-27(38)28(39)26(35-15-23(36)24(37)16-35)29(40)33(22)8-7-32(20,41-33)25(30)12-21-13-31(21,30)19-3-2-17-5-9-34-14-18(17)10-19/h2-5,9-11,14,21,23-29,36-40H,6-8,12-13,15-16H2,1H3/t21-,23-,24-,25+,26+,27?,28?,29?,30-,31-,32?,33-/m0/s1. The van der Waals surface area contributed by atoms with Crippen LogP contribution in [0.1, 0.15) is 44.6 Å². The lowest BCUT2D eigenvalue weighted by molar-refractivity contribution is -0.217. The van der Waals surface area contributed by atoms with Crippen molar-refractivity contribution in [2.45, 2.75) is 92.2 Å². The second-order valence-corrected chi connectivity index (χ2v) is 14.3. The average molecular weight is 559 g/mol. The molecule has 1 aromatic carbocycles. The van der Waals surface area contributed by atoms with Crippen molar-refractivity contribution >= 4 is 10.8 Å². The highest BCUT2D eigenvalue weighted by Crippen LogP contribution is 2.80. The van der Waals surface area contributed by atoms with Gasteiger partial charge in [-0.15, -0.1) is 0 Å². The number of benzene rings is 1. The van der Waals surface area contributed by atoms with Gasteiger partial charge in [-0.2, -0.15) is 0 Å². The van der Waals surface area contributed by atoms with Crippen molar-refractivity contribution in [3.05, 3.63) is 65.5 Å². The van der Waals surface area contributed by atoms with Gasteiger partial charge in [0.2, 0.25) is 0 Å². The van der Waals surface area contributed by atoms with Gasteiger partial charge in [0.15, 0.2) is 0 Å². The van der Waals surface area contributed by atoms with E-state index in [9.17, 15) is 25.5 Å². The number of aromatic nitrogens is 1. The Hall–Kier alpha value is -2.17. The fourth-order valence-electron chi connectivity index (χ4n) is 10.9. The van der Waals surface area contributed by atoms with Crippen LogP contribution in [0, 0.1) is 17.3 Å². The summed E-state index contributed by atoms with van der Waals surface area (Å²) >= 11 is 0. The van der Waals surface area contributed by atoms with Crippen LogP contribution < -0.4 is 0 Å². The highest BCUT2D eigenvalue weighted by atomic mass is 16.5. The van der Waals surface area contributed by atoms with Crippen LogP contribution in [0.15, 0.2) is 60.0 Å². The second-order valence-electron chi connectivity index (χ2n) is 14.3. The summed E-state index contributed by atoms with van der Waals surface area (Å²) < 4.78 is 7.23. The molecule has 2 spiro atoms. The maximum Gasteiger partial charge on any atom is 0.121 e. The molecule has 12 atom stereocenters. The Morgan fingerprint density at radius 2 is 1.76 bits per heavy atom. The lowest BCUT2D eigenvalue weighted by Crippen LogP contribution is -2.70. The van der Waals surface area contributed by atoms with Gasteiger partial charge >= 0.3 is 0 Å². The van der Waals surface area contributed by atoms with Crippen molar-refractivity contribution in [1.29, 1.82) is 0 Å². The van der Waals surface area contributed by atoms with Gasteiger partial charge in [0, 0.05) is 36.3 Å². The summed E-state index contributed by atoms with van der Waals surface area (Å²) in [4.78, 5) is 6.09. The minimum absolute atomic E-state index is 0.0196. The average Bonchev–Trinajstić information content (AvgIpc) is 3.37. The lowest BCUT2D eigenvalue weighted by atomic mass is 9.55. The van der Waals surface area contributed by atoms with Gasteiger partial charge in [-0.05, 0) is 83.6 Å². The summed E-state index contributed by atoms with van der Waals surface area (Å²) in [5, 5.41) is 57.4. The first-order valence-corrected chi connectivity index (χ1v) is 15.3. The Morgan fingerprint density at radius 1 is 0.976 bits per heavy atom. The number of pyridine rings is 1. The van der Waals surface area contributed by atoms with Crippen molar-refractivity contribution in [3.63, 3.8) is 0 Å². The molecule has 0 radical (unpaired) electrons. The smallest absolute Gasteiger partial charge is 0.121 e. The van der Waals surface area contributed by atoms with Crippen LogP contribution in [0.25, 0.3) is 10.8 Å². The first-order valence-electron chi connectivity index (χ1n) is 15.3.